The van der Waals surface area contributed by atoms with Crippen molar-refractivity contribution >= 4 is 5.97 Å². The second-order valence-electron chi connectivity index (χ2n) is 3.68. The molecule has 0 bridgehead atoms. The van der Waals surface area contributed by atoms with Gasteiger partial charge in [-0.05, 0) is 24.1 Å². The number of hydrogen-bond donors (Lipinski definition) is 2. The Hall–Kier alpha value is -1.63. The van der Waals surface area contributed by atoms with E-state index in [9.17, 15) is 27.5 Å². The molecule has 0 spiro atoms. The van der Waals surface area contributed by atoms with Gasteiger partial charge in [-0.15, -0.1) is 0 Å². The van der Waals surface area contributed by atoms with Crippen LogP contribution < -0.4 is 0 Å². The molecule has 0 saturated carbocycles. The van der Waals surface area contributed by atoms with Crippen LogP contribution in [0.4, 0.5) is 17.6 Å². The molecule has 0 saturated heterocycles. The standard InChI is InChI=1S/C11H10F4O3/c12-6-1-2-7(8(5-6)11(13,14)15)9(16)3-4-10(17)18/h1-2,5,9,16H,3-4H2,(H,17,18). The highest BCUT2D eigenvalue weighted by Gasteiger charge is 2.35. The van der Waals surface area contributed by atoms with Gasteiger partial charge in [-0.3, -0.25) is 4.79 Å². The Morgan fingerprint density at radius 2 is 1.94 bits per heavy atom. The van der Waals surface area contributed by atoms with Crippen LogP contribution in [0.3, 0.4) is 0 Å². The Bertz CT molecular complexity index is 442. The molecule has 1 rings (SSSR count). The molecule has 7 heteroatoms. The van der Waals surface area contributed by atoms with Crippen molar-refractivity contribution in [3.8, 4) is 0 Å². The van der Waals surface area contributed by atoms with Crippen molar-refractivity contribution in [3.63, 3.8) is 0 Å². The zero-order valence-electron chi connectivity index (χ0n) is 9.04. The normalized spacial score (nSPS) is 13.4. The molecule has 1 atom stereocenters. The molecule has 0 aliphatic rings. The van der Waals surface area contributed by atoms with Crippen LogP contribution in [0.25, 0.3) is 0 Å². The average molecular weight is 266 g/mol. The second kappa shape index (κ2) is 5.34. The zero-order valence-corrected chi connectivity index (χ0v) is 9.04. The lowest BCUT2D eigenvalue weighted by molar-refractivity contribution is -0.139. The van der Waals surface area contributed by atoms with Crippen LogP contribution in [0.2, 0.25) is 0 Å². The average Bonchev–Trinajstić information content (AvgIpc) is 2.24. The summed E-state index contributed by atoms with van der Waals surface area (Å²) in [6.45, 7) is 0. The van der Waals surface area contributed by atoms with Crippen LogP contribution in [0.1, 0.15) is 30.1 Å². The molecule has 1 aromatic carbocycles. The maximum Gasteiger partial charge on any atom is 0.416 e. The smallest absolute Gasteiger partial charge is 0.416 e. The lowest BCUT2D eigenvalue weighted by Gasteiger charge is -2.17. The van der Waals surface area contributed by atoms with E-state index in [0.717, 1.165) is 12.1 Å². The Kier molecular flexibility index (Phi) is 4.28. The monoisotopic (exact) mass is 266 g/mol. The molecular formula is C11H10F4O3. The minimum absolute atomic E-state index is 0.277. The first-order valence-corrected chi connectivity index (χ1v) is 4.98. The SMILES string of the molecule is O=C(O)CCC(O)c1ccc(F)cc1C(F)(F)F. The molecule has 2 N–H and O–H groups in total. The summed E-state index contributed by atoms with van der Waals surface area (Å²) < 4.78 is 50.6. The molecule has 0 radical (unpaired) electrons. The topological polar surface area (TPSA) is 57.5 Å². The van der Waals surface area contributed by atoms with Gasteiger partial charge < -0.3 is 10.2 Å². The number of aliphatic hydroxyl groups excluding tert-OH is 1. The highest BCUT2D eigenvalue weighted by Crippen LogP contribution is 2.36. The van der Waals surface area contributed by atoms with Gasteiger partial charge in [-0.25, -0.2) is 4.39 Å². The van der Waals surface area contributed by atoms with Crippen molar-refractivity contribution in [2.75, 3.05) is 0 Å². The predicted octanol–water partition coefficient (Wildman–Crippen LogP) is 2.74. The van der Waals surface area contributed by atoms with Crippen molar-refractivity contribution in [2.45, 2.75) is 25.1 Å². The molecule has 100 valence electrons. The molecule has 18 heavy (non-hydrogen) atoms. The Morgan fingerprint density at radius 1 is 1.33 bits per heavy atom. The third-order valence-corrected chi connectivity index (χ3v) is 2.31. The fourth-order valence-corrected chi connectivity index (χ4v) is 1.48. The molecule has 1 aromatic rings. The summed E-state index contributed by atoms with van der Waals surface area (Å²) in [7, 11) is 0. The number of benzene rings is 1. The van der Waals surface area contributed by atoms with Crippen molar-refractivity contribution in [3.05, 3.63) is 35.1 Å². The first kappa shape index (κ1) is 14.4. The van der Waals surface area contributed by atoms with Crippen LogP contribution in [0.15, 0.2) is 18.2 Å². The second-order valence-corrected chi connectivity index (χ2v) is 3.68. The van der Waals surface area contributed by atoms with Crippen molar-refractivity contribution in [1.82, 2.24) is 0 Å². The van der Waals surface area contributed by atoms with E-state index in [1.807, 2.05) is 0 Å². The first-order chi connectivity index (χ1) is 8.21. The predicted molar refractivity (Wildman–Crippen MR) is 53.2 cm³/mol. The third kappa shape index (κ3) is 3.69. The fraction of sp³-hybridized carbons (Fsp3) is 0.364. The van der Waals surface area contributed by atoms with Gasteiger partial charge in [-0.1, -0.05) is 6.07 Å². The largest absolute Gasteiger partial charge is 0.481 e. The zero-order chi connectivity index (χ0) is 13.9. The third-order valence-electron chi connectivity index (χ3n) is 2.31. The maximum absolute atomic E-state index is 12.8. The summed E-state index contributed by atoms with van der Waals surface area (Å²) in [4.78, 5) is 10.3. The summed E-state index contributed by atoms with van der Waals surface area (Å²) in [5.74, 6) is -2.30. The van der Waals surface area contributed by atoms with Gasteiger partial charge in [0, 0.05) is 6.42 Å². The fourth-order valence-electron chi connectivity index (χ4n) is 1.48. The molecule has 0 amide bonds. The lowest BCUT2D eigenvalue weighted by Crippen LogP contribution is -2.13. The number of carboxylic acids is 1. The van der Waals surface area contributed by atoms with E-state index in [0.29, 0.717) is 0 Å². The number of carbonyl (C=O) groups is 1. The maximum atomic E-state index is 12.8. The van der Waals surface area contributed by atoms with E-state index in [2.05, 4.69) is 0 Å². The van der Waals surface area contributed by atoms with Gasteiger partial charge in [-0.2, -0.15) is 13.2 Å². The molecule has 0 aliphatic carbocycles. The van der Waals surface area contributed by atoms with E-state index >= 15 is 0 Å². The van der Waals surface area contributed by atoms with E-state index in [4.69, 9.17) is 5.11 Å². The Morgan fingerprint density at radius 3 is 2.44 bits per heavy atom. The number of rotatable bonds is 4. The van der Waals surface area contributed by atoms with Crippen LogP contribution in [-0.2, 0) is 11.0 Å². The Balaban J connectivity index is 3.04. The first-order valence-electron chi connectivity index (χ1n) is 4.98. The van der Waals surface area contributed by atoms with Gasteiger partial charge in [0.2, 0.25) is 0 Å². The number of hydrogen-bond acceptors (Lipinski definition) is 2. The minimum atomic E-state index is -4.80. The molecule has 0 aromatic heterocycles. The van der Waals surface area contributed by atoms with Gasteiger partial charge in [0.25, 0.3) is 0 Å². The number of aliphatic hydroxyl groups is 1. The van der Waals surface area contributed by atoms with E-state index in [1.165, 1.54) is 0 Å². The molecule has 0 aliphatic heterocycles. The van der Waals surface area contributed by atoms with E-state index in [1.54, 1.807) is 0 Å². The van der Waals surface area contributed by atoms with Crippen LogP contribution in [0.5, 0.6) is 0 Å². The quantitative estimate of drug-likeness (QED) is 0.824. The summed E-state index contributed by atoms with van der Waals surface area (Å²) in [6.07, 6.45) is -7.25. The highest BCUT2D eigenvalue weighted by atomic mass is 19.4. The summed E-state index contributed by atoms with van der Waals surface area (Å²) in [5, 5.41) is 17.9. The molecular weight excluding hydrogens is 256 g/mol. The lowest BCUT2D eigenvalue weighted by atomic mass is 9.98. The summed E-state index contributed by atoms with van der Waals surface area (Å²) in [5.41, 5.74) is -1.81. The van der Waals surface area contributed by atoms with E-state index < -0.39 is 41.6 Å². The van der Waals surface area contributed by atoms with Crippen LogP contribution in [0, 0.1) is 5.82 Å². The Labute approximate surface area is 99.7 Å². The summed E-state index contributed by atoms with van der Waals surface area (Å²) in [6, 6.07) is 1.87. The van der Waals surface area contributed by atoms with Crippen molar-refractivity contribution < 1.29 is 32.6 Å². The van der Waals surface area contributed by atoms with Gasteiger partial charge in [0.05, 0.1) is 11.7 Å². The van der Waals surface area contributed by atoms with Crippen LogP contribution >= 0.6 is 0 Å². The molecule has 0 fully saturated rings. The number of alkyl halides is 3. The molecule has 0 heterocycles. The molecule has 3 nitrogen and oxygen atoms in total. The number of aliphatic carboxylic acids is 1. The van der Waals surface area contributed by atoms with E-state index in [-0.39, 0.29) is 12.5 Å². The van der Waals surface area contributed by atoms with Crippen molar-refractivity contribution in [2.24, 2.45) is 0 Å². The number of halogens is 4. The van der Waals surface area contributed by atoms with Crippen molar-refractivity contribution in [1.29, 1.82) is 0 Å². The van der Waals surface area contributed by atoms with Gasteiger partial charge in [0.15, 0.2) is 0 Å². The van der Waals surface area contributed by atoms with Crippen LogP contribution in [-0.4, -0.2) is 16.2 Å². The van der Waals surface area contributed by atoms with Gasteiger partial charge in [0.1, 0.15) is 5.82 Å². The number of carboxylic acid groups (broad SMARTS) is 1. The molecule has 1 unspecified atom stereocenters. The summed E-state index contributed by atoms with van der Waals surface area (Å²) >= 11 is 0. The highest BCUT2D eigenvalue weighted by molar-refractivity contribution is 5.66. The van der Waals surface area contributed by atoms with Gasteiger partial charge >= 0.3 is 12.1 Å². The minimum Gasteiger partial charge on any atom is -0.481 e.